The molecular weight excluding hydrogens is 287 g/mol. The van der Waals surface area contributed by atoms with Crippen molar-refractivity contribution in [1.82, 2.24) is 10.3 Å². The summed E-state index contributed by atoms with van der Waals surface area (Å²) in [5.41, 5.74) is 2.07. The van der Waals surface area contributed by atoms with E-state index >= 15 is 0 Å². The first-order valence-electron chi connectivity index (χ1n) is 5.64. The number of aryl methyl sites for hydroxylation is 1. The number of likely N-dealkylation sites (N-methyl/N-ethyl adjacent to an activating group) is 1. The van der Waals surface area contributed by atoms with Crippen molar-refractivity contribution >= 4 is 34.5 Å². The molecule has 0 spiro atoms. The lowest BCUT2D eigenvalue weighted by Crippen LogP contribution is -2.19. The van der Waals surface area contributed by atoms with Gasteiger partial charge in [-0.2, -0.15) is 0 Å². The van der Waals surface area contributed by atoms with Crippen LogP contribution in [0.5, 0.6) is 0 Å². The predicted octanol–water partition coefficient (Wildman–Crippen LogP) is 4.26. The van der Waals surface area contributed by atoms with Crippen LogP contribution < -0.4 is 5.32 Å². The van der Waals surface area contributed by atoms with E-state index in [2.05, 4.69) is 15.7 Å². The van der Waals surface area contributed by atoms with Crippen LogP contribution in [0.2, 0.25) is 10.0 Å². The van der Waals surface area contributed by atoms with Crippen LogP contribution >= 0.6 is 34.5 Å². The molecular formula is C13H14Cl2N2S. The average Bonchev–Trinajstić information content (AvgIpc) is 2.76. The van der Waals surface area contributed by atoms with Gasteiger partial charge in [0, 0.05) is 23.5 Å². The lowest BCUT2D eigenvalue weighted by Gasteiger charge is -2.17. The van der Waals surface area contributed by atoms with E-state index in [0.717, 1.165) is 22.7 Å². The fourth-order valence-electron chi connectivity index (χ4n) is 1.83. The van der Waals surface area contributed by atoms with Crippen molar-refractivity contribution in [2.24, 2.45) is 0 Å². The first-order chi connectivity index (χ1) is 8.61. The number of benzene rings is 1. The SMILES string of the molecule is CNC(Cc1nc(C)cs1)c1cccc(Cl)c1Cl. The van der Waals surface area contributed by atoms with Gasteiger partial charge in [-0.1, -0.05) is 35.3 Å². The van der Waals surface area contributed by atoms with Crippen LogP contribution in [0.1, 0.15) is 22.3 Å². The number of hydrogen-bond donors (Lipinski definition) is 1. The highest BCUT2D eigenvalue weighted by Gasteiger charge is 2.16. The first-order valence-corrected chi connectivity index (χ1v) is 7.27. The second-order valence-electron chi connectivity index (χ2n) is 4.07. The molecule has 0 bridgehead atoms. The Morgan fingerprint density at radius 3 is 2.78 bits per heavy atom. The molecule has 0 amide bonds. The van der Waals surface area contributed by atoms with E-state index in [4.69, 9.17) is 23.2 Å². The molecule has 2 rings (SSSR count). The van der Waals surface area contributed by atoms with Gasteiger partial charge in [-0.25, -0.2) is 4.98 Å². The van der Waals surface area contributed by atoms with Gasteiger partial charge in [0.05, 0.1) is 15.1 Å². The van der Waals surface area contributed by atoms with E-state index in [0.29, 0.717) is 10.0 Å². The zero-order chi connectivity index (χ0) is 13.1. The van der Waals surface area contributed by atoms with Gasteiger partial charge in [0.1, 0.15) is 0 Å². The van der Waals surface area contributed by atoms with Gasteiger partial charge in [-0.05, 0) is 25.6 Å². The van der Waals surface area contributed by atoms with E-state index in [9.17, 15) is 0 Å². The minimum absolute atomic E-state index is 0.127. The summed E-state index contributed by atoms with van der Waals surface area (Å²) in [4.78, 5) is 4.48. The Hall–Kier alpha value is -0.610. The van der Waals surface area contributed by atoms with Gasteiger partial charge in [0.25, 0.3) is 0 Å². The molecule has 18 heavy (non-hydrogen) atoms. The quantitative estimate of drug-likeness (QED) is 0.912. The number of thiazole rings is 1. The Labute approximate surface area is 121 Å². The van der Waals surface area contributed by atoms with Crippen molar-refractivity contribution in [3.63, 3.8) is 0 Å². The number of nitrogens with zero attached hydrogens (tertiary/aromatic N) is 1. The molecule has 2 nitrogen and oxygen atoms in total. The van der Waals surface area contributed by atoms with Crippen LogP contribution in [-0.4, -0.2) is 12.0 Å². The fraction of sp³-hybridized carbons (Fsp3) is 0.308. The summed E-state index contributed by atoms with van der Waals surface area (Å²) in [7, 11) is 1.92. The van der Waals surface area contributed by atoms with Crippen molar-refractivity contribution in [1.29, 1.82) is 0 Å². The molecule has 0 fully saturated rings. The van der Waals surface area contributed by atoms with Crippen LogP contribution in [0.4, 0.5) is 0 Å². The molecule has 0 radical (unpaired) electrons. The van der Waals surface area contributed by atoms with Crippen LogP contribution in [0.15, 0.2) is 23.6 Å². The van der Waals surface area contributed by atoms with Crippen molar-refractivity contribution in [2.75, 3.05) is 7.05 Å². The summed E-state index contributed by atoms with van der Waals surface area (Å²) in [5.74, 6) is 0. The molecule has 1 aromatic carbocycles. The van der Waals surface area contributed by atoms with Gasteiger partial charge in [-0.15, -0.1) is 11.3 Å². The number of aromatic nitrogens is 1. The topological polar surface area (TPSA) is 24.9 Å². The second-order valence-corrected chi connectivity index (χ2v) is 5.80. The van der Waals surface area contributed by atoms with Crippen molar-refractivity contribution < 1.29 is 0 Å². The predicted molar refractivity (Wildman–Crippen MR) is 78.8 cm³/mol. The molecule has 0 aliphatic carbocycles. The minimum atomic E-state index is 0.127. The molecule has 1 N–H and O–H groups in total. The highest BCUT2D eigenvalue weighted by atomic mass is 35.5. The summed E-state index contributed by atoms with van der Waals surface area (Å²) >= 11 is 14.0. The number of hydrogen-bond acceptors (Lipinski definition) is 3. The molecule has 0 aliphatic rings. The lowest BCUT2D eigenvalue weighted by atomic mass is 10.0. The van der Waals surface area contributed by atoms with Crippen LogP contribution in [-0.2, 0) is 6.42 Å². The lowest BCUT2D eigenvalue weighted by molar-refractivity contribution is 0.590. The summed E-state index contributed by atoms with van der Waals surface area (Å²) in [6.45, 7) is 2.00. The van der Waals surface area contributed by atoms with E-state index in [1.165, 1.54) is 0 Å². The Morgan fingerprint density at radius 2 is 2.17 bits per heavy atom. The average molecular weight is 301 g/mol. The molecule has 1 aromatic heterocycles. The molecule has 1 atom stereocenters. The van der Waals surface area contributed by atoms with Crippen LogP contribution in [0.3, 0.4) is 0 Å². The Balaban J connectivity index is 2.25. The maximum absolute atomic E-state index is 6.25. The van der Waals surface area contributed by atoms with Crippen LogP contribution in [0, 0.1) is 6.92 Å². The Morgan fingerprint density at radius 1 is 1.39 bits per heavy atom. The zero-order valence-electron chi connectivity index (χ0n) is 10.2. The van der Waals surface area contributed by atoms with Crippen LogP contribution in [0.25, 0.3) is 0 Å². The van der Waals surface area contributed by atoms with E-state index < -0.39 is 0 Å². The Bertz CT molecular complexity index is 540. The summed E-state index contributed by atoms with van der Waals surface area (Å²) in [5, 5.41) is 7.63. The second kappa shape index (κ2) is 6.02. The number of halogens is 2. The van der Waals surface area contributed by atoms with E-state index in [1.807, 2.05) is 26.1 Å². The third kappa shape index (κ3) is 3.04. The maximum Gasteiger partial charge on any atom is 0.0947 e. The standard InChI is InChI=1S/C13H14Cl2N2S/c1-8-7-18-12(17-8)6-11(16-2)9-4-3-5-10(14)13(9)15/h3-5,7,11,16H,6H2,1-2H3. The summed E-state index contributed by atoms with van der Waals surface area (Å²) in [6.07, 6.45) is 0.815. The number of nitrogens with one attached hydrogen (secondary N) is 1. The molecule has 0 aliphatic heterocycles. The number of rotatable bonds is 4. The monoisotopic (exact) mass is 300 g/mol. The molecule has 0 saturated carbocycles. The molecule has 5 heteroatoms. The molecule has 1 heterocycles. The van der Waals surface area contributed by atoms with Crippen molar-refractivity contribution in [2.45, 2.75) is 19.4 Å². The minimum Gasteiger partial charge on any atom is -0.313 e. The van der Waals surface area contributed by atoms with Crippen molar-refractivity contribution in [3.8, 4) is 0 Å². The smallest absolute Gasteiger partial charge is 0.0947 e. The first kappa shape index (κ1) is 13.8. The summed E-state index contributed by atoms with van der Waals surface area (Å²) < 4.78 is 0. The van der Waals surface area contributed by atoms with Crippen molar-refractivity contribution in [3.05, 3.63) is 49.9 Å². The molecule has 96 valence electrons. The zero-order valence-corrected chi connectivity index (χ0v) is 12.5. The Kier molecular flexibility index (Phi) is 4.62. The van der Waals surface area contributed by atoms with Gasteiger partial charge >= 0.3 is 0 Å². The third-order valence-electron chi connectivity index (χ3n) is 2.75. The van der Waals surface area contributed by atoms with Gasteiger partial charge < -0.3 is 5.32 Å². The van der Waals surface area contributed by atoms with Gasteiger partial charge in [0.2, 0.25) is 0 Å². The molecule has 2 aromatic rings. The normalized spacial score (nSPS) is 12.7. The highest BCUT2D eigenvalue weighted by Crippen LogP contribution is 2.31. The summed E-state index contributed by atoms with van der Waals surface area (Å²) in [6, 6.07) is 5.84. The van der Waals surface area contributed by atoms with E-state index in [-0.39, 0.29) is 6.04 Å². The largest absolute Gasteiger partial charge is 0.313 e. The highest BCUT2D eigenvalue weighted by molar-refractivity contribution is 7.09. The van der Waals surface area contributed by atoms with Gasteiger partial charge in [0.15, 0.2) is 0 Å². The van der Waals surface area contributed by atoms with Gasteiger partial charge in [-0.3, -0.25) is 0 Å². The fourth-order valence-corrected chi connectivity index (χ4v) is 3.09. The maximum atomic E-state index is 6.25. The third-order valence-corrected chi connectivity index (χ3v) is 4.57. The molecule has 1 unspecified atom stereocenters. The van der Waals surface area contributed by atoms with E-state index in [1.54, 1.807) is 17.4 Å². The molecule has 0 saturated heterocycles.